The summed E-state index contributed by atoms with van der Waals surface area (Å²) in [7, 11) is 0. The molecule has 1 rings (SSSR count). The van der Waals surface area contributed by atoms with Gasteiger partial charge >= 0.3 is 11.9 Å². The second-order valence-corrected chi connectivity index (χ2v) is 6.99. The molecule has 0 bridgehead atoms. The maximum Gasteiger partial charge on any atom is 0.342 e. The molecular formula is C22H34O6. The van der Waals surface area contributed by atoms with Gasteiger partial charge in [-0.1, -0.05) is 65.2 Å². The highest BCUT2D eigenvalue weighted by atomic mass is 16.5. The highest BCUT2D eigenvalue weighted by Gasteiger charge is 2.20. The average Bonchev–Trinajstić information content (AvgIpc) is 2.68. The molecule has 0 aromatic heterocycles. The Balaban J connectivity index is 2.51. The van der Waals surface area contributed by atoms with Gasteiger partial charge in [0, 0.05) is 0 Å². The van der Waals surface area contributed by atoms with Crippen molar-refractivity contribution in [2.75, 3.05) is 13.2 Å². The number of rotatable bonds is 14. The minimum absolute atomic E-state index is 0.165. The lowest BCUT2D eigenvalue weighted by molar-refractivity contribution is 0.0477. The highest BCUT2D eigenvalue weighted by molar-refractivity contribution is 5.98. The van der Waals surface area contributed by atoms with Crippen molar-refractivity contribution in [1.29, 1.82) is 0 Å². The maximum atomic E-state index is 12.1. The fourth-order valence-corrected chi connectivity index (χ4v) is 2.80. The largest absolute Gasteiger partial charge is 0.507 e. The van der Waals surface area contributed by atoms with Gasteiger partial charge in [0.15, 0.2) is 0 Å². The maximum absolute atomic E-state index is 12.1. The van der Waals surface area contributed by atoms with Gasteiger partial charge < -0.3 is 19.7 Å². The minimum atomic E-state index is -0.723. The fraction of sp³-hybridized carbons (Fsp3) is 0.636. The van der Waals surface area contributed by atoms with E-state index in [1.165, 1.54) is 0 Å². The van der Waals surface area contributed by atoms with Crippen molar-refractivity contribution in [2.45, 2.75) is 78.1 Å². The molecule has 0 fully saturated rings. The SMILES string of the molecule is CCCCCCCOC(=O)c1cc(O)c(C(=O)OCCCCCCC)cc1O. The van der Waals surface area contributed by atoms with Crippen LogP contribution in [0.5, 0.6) is 11.5 Å². The molecule has 0 atom stereocenters. The zero-order valence-corrected chi connectivity index (χ0v) is 17.2. The molecule has 28 heavy (non-hydrogen) atoms. The van der Waals surface area contributed by atoms with Crippen LogP contribution in [0.1, 0.15) is 98.8 Å². The molecule has 0 aliphatic carbocycles. The number of phenolic OH excluding ortho intramolecular Hbond substituents is 2. The first-order valence-electron chi connectivity index (χ1n) is 10.4. The normalized spacial score (nSPS) is 10.6. The van der Waals surface area contributed by atoms with Gasteiger partial charge in [-0.05, 0) is 25.0 Å². The van der Waals surface area contributed by atoms with E-state index in [9.17, 15) is 19.8 Å². The molecule has 0 radical (unpaired) electrons. The quantitative estimate of drug-likeness (QED) is 0.251. The molecule has 2 N–H and O–H groups in total. The lowest BCUT2D eigenvalue weighted by atomic mass is 10.1. The molecule has 158 valence electrons. The van der Waals surface area contributed by atoms with Gasteiger partial charge in [-0.15, -0.1) is 0 Å². The number of benzene rings is 1. The number of esters is 2. The molecule has 0 unspecified atom stereocenters. The Bertz CT molecular complexity index is 558. The number of carbonyl (C=O) groups is 2. The minimum Gasteiger partial charge on any atom is -0.507 e. The lowest BCUT2D eigenvalue weighted by Gasteiger charge is -2.10. The van der Waals surface area contributed by atoms with E-state index in [2.05, 4.69) is 13.8 Å². The number of aromatic hydroxyl groups is 2. The van der Waals surface area contributed by atoms with Crippen LogP contribution in [0.15, 0.2) is 12.1 Å². The zero-order chi connectivity index (χ0) is 20.8. The van der Waals surface area contributed by atoms with Crippen molar-refractivity contribution < 1.29 is 29.3 Å². The van der Waals surface area contributed by atoms with Crippen LogP contribution in [0.3, 0.4) is 0 Å². The first-order valence-corrected chi connectivity index (χ1v) is 10.4. The smallest absolute Gasteiger partial charge is 0.342 e. The van der Waals surface area contributed by atoms with Gasteiger partial charge in [-0.2, -0.15) is 0 Å². The number of ether oxygens (including phenoxy) is 2. The third kappa shape index (κ3) is 8.63. The van der Waals surface area contributed by atoms with Crippen molar-refractivity contribution in [2.24, 2.45) is 0 Å². The number of phenols is 2. The van der Waals surface area contributed by atoms with E-state index in [1.807, 2.05) is 0 Å². The first kappa shape index (κ1) is 23.8. The standard InChI is InChI=1S/C22H34O6/c1-3-5-7-9-11-13-27-21(25)17-15-20(24)18(16-19(17)23)22(26)28-14-12-10-8-6-4-2/h15-16,23-24H,3-14H2,1-2H3. The predicted molar refractivity (Wildman–Crippen MR) is 108 cm³/mol. The molecule has 0 heterocycles. The van der Waals surface area contributed by atoms with Gasteiger partial charge in [0.25, 0.3) is 0 Å². The monoisotopic (exact) mass is 394 g/mol. The summed E-state index contributed by atoms with van der Waals surface area (Å²) in [4.78, 5) is 24.2. The Morgan fingerprint density at radius 3 is 1.39 bits per heavy atom. The molecule has 0 aliphatic rings. The Labute approximate surface area is 167 Å². The Morgan fingerprint density at radius 1 is 0.679 bits per heavy atom. The van der Waals surface area contributed by atoms with Crippen molar-refractivity contribution in [3.63, 3.8) is 0 Å². The Hall–Kier alpha value is -2.24. The molecular weight excluding hydrogens is 360 g/mol. The number of unbranched alkanes of at least 4 members (excludes halogenated alkanes) is 8. The van der Waals surface area contributed by atoms with E-state index in [1.54, 1.807) is 0 Å². The average molecular weight is 395 g/mol. The molecule has 6 heteroatoms. The molecule has 1 aromatic carbocycles. The summed E-state index contributed by atoms with van der Waals surface area (Å²) in [6.45, 7) is 4.76. The van der Waals surface area contributed by atoms with E-state index in [-0.39, 0.29) is 24.3 Å². The molecule has 0 aliphatic heterocycles. The van der Waals surface area contributed by atoms with Gasteiger partial charge in [0.1, 0.15) is 22.6 Å². The van der Waals surface area contributed by atoms with E-state index >= 15 is 0 Å². The molecule has 1 aromatic rings. The summed E-state index contributed by atoms with van der Waals surface area (Å²) in [6.07, 6.45) is 10.2. The predicted octanol–water partition coefficient (Wildman–Crippen LogP) is 5.35. The van der Waals surface area contributed by atoms with E-state index in [0.29, 0.717) is 0 Å². The summed E-state index contributed by atoms with van der Waals surface area (Å²) < 4.78 is 10.3. The molecule has 6 nitrogen and oxygen atoms in total. The van der Waals surface area contributed by atoms with Crippen LogP contribution >= 0.6 is 0 Å². The first-order chi connectivity index (χ1) is 13.5. The third-order valence-electron chi connectivity index (χ3n) is 4.52. The third-order valence-corrected chi connectivity index (χ3v) is 4.52. The summed E-state index contributed by atoms with van der Waals surface area (Å²) in [6, 6.07) is 2.10. The Morgan fingerprint density at radius 2 is 1.04 bits per heavy atom. The van der Waals surface area contributed by atoms with Crippen molar-refractivity contribution >= 4 is 11.9 Å². The van der Waals surface area contributed by atoms with E-state index < -0.39 is 23.4 Å². The summed E-state index contributed by atoms with van der Waals surface area (Å²) in [5.74, 6) is -2.27. The van der Waals surface area contributed by atoms with Crippen molar-refractivity contribution in [1.82, 2.24) is 0 Å². The van der Waals surface area contributed by atoms with Crippen LogP contribution in [0.2, 0.25) is 0 Å². The Kier molecular flexibility index (Phi) is 11.8. The van der Waals surface area contributed by atoms with Crippen LogP contribution in [-0.4, -0.2) is 35.4 Å². The number of carbonyl (C=O) groups excluding carboxylic acids is 2. The number of hydrogen-bond donors (Lipinski definition) is 2. The van der Waals surface area contributed by atoms with Gasteiger partial charge in [0.2, 0.25) is 0 Å². The highest BCUT2D eigenvalue weighted by Crippen LogP contribution is 2.28. The lowest BCUT2D eigenvalue weighted by Crippen LogP contribution is -2.10. The summed E-state index contributed by atoms with van der Waals surface area (Å²) >= 11 is 0. The van der Waals surface area contributed by atoms with E-state index in [4.69, 9.17) is 9.47 Å². The van der Waals surface area contributed by atoms with E-state index in [0.717, 1.165) is 76.3 Å². The fourth-order valence-electron chi connectivity index (χ4n) is 2.80. The van der Waals surface area contributed by atoms with Crippen LogP contribution in [0.4, 0.5) is 0 Å². The second-order valence-electron chi connectivity index (χ2n) is 6.99. The van der Waals surface area contributed by atoms with Crippen LogP contribution < -0.4 is 0 Å². The number of hydrogen-bond acceptors (Lipinski definition) is 6. The van der Waals surface area contributed by atoms with Gasteiger partial charge in [-0.3, -0.25) is 0 Å². The van der Waals surface area contributed by atoms with Crippen molar-refractivity contribution in [3.05, 3.63) is 23.3 Å². The molecule has 0 saturated heterocycles. The molecule has 0 saturated carbocycles. The zero-order valence-electron chi connectivity index (χ0n) is 17.2. The summed E-state index contributed by atoms with van der Waals surface area (Å²) in [5, 5.41) is 20.1. The van der Waals surface area contributed by atoms with Crippen molar-refractivity contribution in [3.8, 4) is 11.5 Å². The topological polar surface area (TPSA) is 93.1 Å². The molecule has 0 amide bonds. The van der Waals surface area contributed by atoms with Crippen LogP contribution in [-0.2, 0) is 9.47 Å². The summed E-state index contributed by atoms with van der Waals surface area (Å²) in [5.41, 5.74) is -0.329. The van der Waals surface area contributed by atoms with Gasteiger partial charge in [0.05, 0.1) is 13.2 Å². The van der Waals surface area contributed by atoms with Crippen LogP contribution in [0.25, 0.3) is 0 Å². The second kappa shape index (κ2) is 13.9. The van der Waals surface area contributed by atoms with Gasteiger partial charge in [-0.25, -0.2) is 9.59 Å². The molecule has 0 spiro atoms. The van der Waals surface area contributed by atoms with Crippen LogP contribution in [0, 0.1) is 0 Å².